The number of rotatable bonds is 4. The van der Waals surface area contributed by atoms with Crippen molar-refractivity contribution in [1.29, 1.82) is 0 Å². The SMILES string of the molecule is O=c1[nH]c2cc(S(=O)(=O)N3CCC[C@H](Oc4cnccn4)C3)ccc2o1. The number of ether oxygens (including phenoxy) is 1. The molecule has 10 heteroatoms. The van der Waals surface area contributed by atoms with Gasteiger partial charge in [-0.3, -0.25) is 9.97 Å². The highest BCUT2D eigenvalue weighted by Crippen LogP contribution is 2.24. The second-order valence-corrected chi connectivity index (χ2v) is 7.90. The molecule has 1 aliphatic rings. The van der Waals surface area contributed by atoms with Crippen LogP contribution in [0.2, 0.25) is 0 Å². The number of piperidine rings is 1. The van der Waals surface area contributed by atoms with E-state index in [0.717, 1.165) is 6.42 Å². The van der Waals surface area contributed by atoms with Crippen LogP contribution in [0.25, 0.3) is 11.1 Å². The number of aromatic amines is 1. The Morgan fingerprint density at radius 1 is 1.31 bits per heavy atom. The van der Waals surface area contributed by atoms with Gasteiger partial charge in [0.2, 0.25) is 15.9 Å². The molecule has 0 amide bonds. The Morgan fingerprint density at radius 3 is 3.00 bits per heavy atom. The minimum Gasteiger partial charge on any atom is -0.472 e. The number of oxazole rings is 1. The molecule has 4 rings (SSSR count). The lowest BCUT2D eigenvalue weighted by molar-refractivity contribution is 0.124. The Hall–Kier alpha value is -2.72. The normalized spacial score (nSPS) is 18.8. The van der Waals surface area contributed by atoms with Crippen molar-refractivity contribution in [2.75, 3.05) is 13.1 Å². The van der Waals surface area contributed by atoms with Gasteiger partial charge in [-0.2, -0.15) is 4.31 Å². The first-order valence-corrected chi connectivity index (χ1v) is 9.52. The summed E-state index contributed by atoms with van der Waals surface area (Å²) in [6.45, 7) is 0.626. The third-order valence-electron chi connectivity index (χ3n) is 4.20. The highest BCUT2D eigenvalue weighted by molar-refractivity contribution is 7.89. The predicted molar refractivity (Wildman–Crippen MR) is 91.3 cm³/mol. The summed E-state index contributed by atoms with van der Waals surface area (Å²) in [5.41, 5.74) is 0.664. The van der Waals surface area contributed by atoms with Crippen molar-refractivity contribution < 1.29 is 17.6 Å². The first-order valence-electron chi connectivity index (χ1n) is 8.08. The van der Waals surface area contributed by atoms with E-state index in [1.165, 1.54) is 34.9 Å². The van der Waals surface area contributed by atoms with Crippen molar-refractivity contribution in [3.63, 3.8) is 0 Å². The van der Waals surface area contributed by atoms with E-state index in [1.807, 2.05) is 0 Å². The van der Waals surface area contributed by atoms with E-state index in [2.05, 4.69) is 15.0 Å². The molecular weight excluding hydrogens is 360 g/mol. The molecule has 9 nitrogen and oxygen atoms in total. The fourth-order valence-electron chi connectivity index (χ4n) is 2.98. The Labute approximate surface area is 148 Å². The monoisotopic (exact) mass is 376 g/mol. The third kappa shape index (κ3) is 3.20. The molecule has 0 radical (unpaired) electrons. The van der Waals surface area contributed by atoms with E-state index in [1.54, 1.807) is 6.20 Å². The molecule has 26 heavy (non-hydrogen) atoms. The number of fused-ring (bicyclic) bond motifs is 1. The van der Waals surface area contributed by atoms with Gasteiger partial charge in [0.15, 0.2) is 5.58 Å². The molecule has 0 saturated carbocycles. The molecular formula is C16H16N4O5S. The van der Waals surface area contributed by atoms with Gasteiger partial charge in [-0.25, -0.2) is 18.2 Å². The zero-order valence-corrected chi connectivity index (χ0v) is 14.5. The summed E-state index contributed by atoms with van der Waals surface area (Å²) in [6, 6.07) is 4.31. The number of hydrogen-bond donors (Lipinski definition) is 1. The highest BCUT2D eigenvalue weighted by Gasteiger charge is 2.31. The molecule has 0 unspecified atom stereocenters. The number of nitrogens with one attached hydrogen (secondary N) is 1. The van der Waals surface area contributed by atoms with E-state index in [4.69, 9.17) is 9.15 Å². The molecule has 3 aromatic rings. The van der Waals surface area contributed by atoms with Crippen molar-refractivity contribution >= 4 is 21.1 Å². The number of aromatic nitrogens is 3. The molecule has 2 aromatic heterocycles. The first-order chi connectivity index (χ1) is 12.5. The molecule has 3 heterocycles. The zero-order valence-electron chi connectivity index (χ0n) is 13.7. The quantitative estimate of drug-likeness (QED) is 0.725. The van der Waals surface area contributed by atoms with E-state index in [0.29, 0.717) is 29.9 Å². The van der Waals surface area contributed by atoms with E-state index in [-0.39, 0.29) is 17.5 Å². The van der Waals surface area contributed by atoms with Gasteiger partial charge < -0.3 is 9.15 Å². The lowest BCUT2D eigenvalue weighted by Crippen LogP contribution is -2.44. The second-order valence-electron chi connectivity index (χ2n) is 5.96. The molecule has 0 spiro atoms. The first kappa shape index (κ1) is 16.7. The Morgan fingerprint density at radius 2 is 2.19 bits per heavy atom. The van der Waals surface area contributed by atoms with Gasteiger partial charge in [0.1, 0.15) is 6.10 Å². The van der Waals surface area contributed by atoms with Gasteiger partial charge in [-0.05, 0) is 31.0 Å². The lowest BCUT2D eigenvalue weighted by atomic mass is 10.1. The summed E-state index contributed by atoms with van der Waals surface area (Å²) in [7, 11) is -3.72. The fourth-order valence-corrected chi connectivity index (χ4v) is 4.51. The molecule has 0 bridgehead atoms. The van der Waals surface area contributed by atoms with Crippen LogP contribution in [0.15, 0.2) is 50.9 Å². The number of hydrogen-bond acceptors (Lipinski definition) is 7. The summed E-state index contributed by atoms with van der Waals surface area (Å²) >= 11 is 0. The number of nitrogens with zero attached hydrogens (tertiary/aromatic N) is 3. The van der Waals surface area contributed by atoms with Crippen molar-refractivity contribution in [2.45, 2.75) is 23.8 Å². The van der Waals surface area contributed by atoms with Crippen molar-refractivity contribution in [3.8, 4) is 5.88 Å². The van der Waals surface area contributed by atoms with Crippen LogP contribution in [0.4, 0.5) is 0 Å². The fraction of sp³-hybridized carbons (Fsp3) is 0.312. The topological polar surface area (TPSA) is 118 Å². The molecule has 1 fully saturated rings. The largest absolute Gasteiger partial charge is 0.472 e. The minimum absolute atomic E-state index is 0.0993. The van der Waals surface area contributed by atoms with E-state index >= 15 is 0 Å². The van der Waals surface area contributed by atoms with E-state index < -0.39 is 15.8 Å². The highest BCUT2D eigenvalue weighted by atomic mass is 32.2. The number of sulfonamides is 1. The van der Waals surface area contributed by atoms with Gasteiger partial charge >= 0.3 is 5.76 Å². The van der Waals surface area contributed by atoms with Gasteiger partial charge in [-0.15, -0.1) is 0 Å². The van der Waals surface area contributed by atoms with Gasteiger partial charge in [0.05, 0.1) is 23.2 Å². The molecule has 1 saturated heterocycles. The molecule has 136 valence electrons. The van der Waals surface area contributed by atoms with Gasteiger partial charge in [0, 0.05) is 18.9 Å². The van der Waals surface area contributed by atoms with Crippen molar-refractivity contribution in [2.24, 2.45) is 0 Å². The van der Waals surface area contributed by atoms with Gasteiger partial charge in [-0.1, -0.05) is 0 Å². The maximum absolute atomic E-state index is 13.0. The maximum atomic E-state index is 13.0. The average Bonchev–Trinajstić information content (AvgIpc) is 3.02. The summed E-state index contributed by atoms with van der Waals surface area (Å²) in [6.07, 6.45) is 5.67. The van der Waals surface area contributed by atoms with Crippen LogP contribution >= 0.6 is 0 Å². The van der Waals surface area contributed by atoms with Crippen LogP contribution in [0.1, 0.15) is 12.8 Å². The summed E-state index contributed by atoms with van der Waals surface area (Å²) in [5.74, 6) is -0.251. The Bertz CT molecular complexity index is 1080. The van der Waals surface area contributed by atoms with Crippen LogP contribution in [0, 0.1) is 0 Å². The summed E-state index contributed by atoms with van der Waals surface area (Å²) < 4.78 is 38.0. The summed E-state index contributed by atoms with van der Waals surface area (Å²) in [4.78, 5) is 21.8. The third-order valence-corrected chi connectivity index (χ3v) is 6.06. The van der Waals surface area contributed by atoms with Crippen LogP contribution in [-0.4, -0.2) is 46.9 Å². The van der Waals surface area contributed by atoms with Crippen LogP contribution in [0.5, 0.6) is 5.88 Å². The van der Waals surface area contributed by atoms with Gasteiger partial charge in [0.25, 0.3) is 0 Å². The lowest BCUT2D eigenvalue weighted by Gasteiger charge is -2.31. The maximum Gasteiger partial charge on any atom is 0.417 e. The zero-order chi connectivity index (χ0) is 18.1. The standard InChI is InChI=1S/C16H16N4O5S/c21-16-19-13-8-12(3-4-14(13)25-16)26(22,23)20-7-1-2-11(10-20)24-15-9-17-5-6-18-15/h3-6,8-9,11H,1-2,7,10H2,(H,19,21)/t11-/m0/s1. The average molecular weight is 376 g/mol. The minimum atomic E-state index is -3.72. The molecule has 1 N–H and O–H groups in total. The number of H-pyrrole nitrogens is 1. The van der Waals surface area contributed by atoms with Crippen LogP contribution in [-0.2, 0) is 10.0 Å². The molecule has 1 aromatic carbocycles. The van der Waals surface area contributed by atoms with Crippen molar-refractivity contribution in [1.82, 2.24) is 19.3 Å². The van der Waals surface area contributed by atoms with E-state index in [9.17, 15) is 13.2 Å². The second kappa shape index (κ2) is 6.54. The predicted octanol–water partition coefficient (Wildman–Crippen LogP) is 1.14. The Kier molecular flexibility index (Phi) is 4.21. The molecule has 1 aliphatic heterocycles. The molecule has 0 aliphatic carbocycles. The van der Waals surface area contributed by atoms with Crippen LogP contribution < -0.4 is 10.5 Å². The number of benzene rings is 1. The van der Waals surface area contributed by atoms with Crippen molar-refractivity contribution in [3.05, 3.63) is 47.3 Å². The summed E-state index contributed by atoms with van der Waals surface area (Å²) in [5, 5.41) is 0. The van der Waals surface area contributed by atoms with Crippen LogP contribution in [0.3, 0.4) is 0 Å². The Balaban J connectivity index is 1.56. The smallest absolute Gasteiger partial charge is 0.417 e. The molecule has 1 atom stereocenters.